The normalized spacial score (nSPS) is 11.3. The molecule has 4 rings (SSSR count). The summed E-state index contributed by atoms with van der Waals surface area (Å²) in [5.41, 5.74) is 3.76. The van der Waals surface area contributed by atoms with Gasteiger partial charge in [0.1, 0.15) is 16.9 Å². The minimum atomic E-state index is -0.183. The van der Waals surface area contributed by atoms with E-state index in [-0.39, 0.29) is 5.91 Å². The Morgan fingerprint density at radius 3 is 3.04 bits per heavy atom. The van der Waals surface area contributed by atoms with Crippen LogP contribution < -0.4 is 5.32 Å². The molecule has 3 aromatic heterocycles. The zero-order chi connectivity index (χ0) is 17.6. The molecule has 0 fully saturated rings. The summed E-state index contributed by atoms with van der Waals surface area (Å²) in [4.78, 5) is 24.2. The van der Waals surface area contributed by atoms with E-state index in [9.17, 15) is 4.79 Å². The minimum Gasteiger partial charge on any atom is -0.352 e. The highest BCUT2D eigenvalue weighted by molar-refractivity contribution is 6.31. The molecule has 0 unspecified atom stereocenters. The number of hydrogen-bond acceptors (Lipinski definition) is 4. The van der Waals surface area contributed by atoms with Gasteiger partial charge in [-0.1, -0.05) is 11.6 Å². The lowest BCUT2D eigenvalue weighted by atomic mass is 10.1. The van der Waals surface area contributed by atoms with Gasteiger partial charge in [0.2, 0.25) is 0 Å². The lowest BCUT2D eigenvalue weighted by Crippen LogP contribution is -2.22. The topological polar surface area (TPSA) is 88.5 Å². The van der Waals surface area contributed by atoms with Gasteiger partial charge in [-0.25, -0.2) is 9.97 Å². The molecule has 0 atom stereocenters. The number of hydrogen-bond donors (Lipinski definition) is 2. The number of nitrogens with one attached hydrogen (secondary N) is 2. The summed E-state index contributed by atoms with van der Waals surface area (Å²) in [7, 11) is 1.85. The van der Waals surface area contributed by atoms with Gasteiger partial charge in [0.15, 0.2) is 5.65 Å². The van der Waals surface area contributed by atoms with Crippen molar-refractivity contribution in [3.8, 4) is 11.4 Å². The van der Waals surface area contributed by atoms with E-state index in [1.165, 1.54) is 0 Å². The van der Waals surface area contributed by atoms with Gasteiger partial charge >= 0.3 is 0 Å². The number of halogens is 1. The van der Waals surface area contributed by atoms with E-state index in [0.717, 1.165) is 10.9 Å². The van der Waals surface area contributed by atoms with E-state index in [4.69, 9.17) is 11.6 Å². The van der Waals surface area contributed by atoms with Gasteiger partial charge < -0.3 is 10.3 Å². The highest BCUT2D eigenvalue weighted by Gasteiger charge is 2.17. The van der Waals surface area contributed by atoms with Crippen molar-refractivity contribution in [2.24, 2.45) is 7.05 Å². The number of aromatic nitrogens is 5. The molecule has 25 heavy (non-hydrogen) atoms. The van der Waals surface area contributed by atoms with E-state index in [1.807, 2.05) is 32.2 Å². The number of amides is 1. The summed E-state index contributed by atoms with van der Waals surface area (Å²) < 4.78 is 1.75. The zero-order valence-corrected chi connectivity index (χ0v) is 14.4. The van der Waals surface area contributed by atoms with E-state index in [0.29, 0.717) is 39.7 Å². The second-order valence-corrected chi connectivity index (χ2v) is 6.08. The fourth-order valence-electron chi connectivity index (χ4n) is 2.85. The Hall–Kier alpha value is -2.93. The Labute approximate surface area is 148 Å². The number of aromatic amines is 1. The van der Waals surface area contributed by atoms with Gasteiger partial charge in [0.25, 0.3) is 5.91 Å². The molecular formula is C17H15ClN6O. The first-order valence-electron chi connectivity index (χ1n) is 7.83. The standard InChI is InChI=1S/C17H15ClN6O/c1-3-19-17(25)11-7-20-16-15(11)22-12(8-21-16)14-10-5-4-9(18)6-13(10)24(2)23-14/h4-8H,3H2,1-2H3,(H,19,25)(H,20,21). The van der Waals surface area contributed by atoms with Crippen molar-refractivity contribution in [1.82, 2.24) is 30.0 Å². The van der Waals surface area contributed by atoms with Crippen molar-refractivity contribution in [2.75, 3.05) is 6.54 Å². The molecule has 0 aliphatic rings. The predicted molar refractivity (Wildman–Crippen MR) is 96.6 cm³/mol. The van der Waals surface area contributed by atoms with Crippen LogP contribution in [0.2, 0.25) is 5.02 Å². The highest BCUT2D eigenvalue weighted by Crippen LogP contribution is 2.29. The number of rotatable bonds is 3. The van der Waals surface area contributed by atoms with Crippen LogP contribution in [0.3, 0.4) is 0 Å². The maximum atomic E-state index is 12.2. The molecule has 0 saturated heterocycles. The van der Waals surface area contributed by atoms with Crippen molar-refractivity contribution in [3.63, 3.8) is 0 Å². The molecule has 0 spiro atoms. The zero-order valence-electron chi connectivity index (χ0n) is 13.7. The van der Waals surface area contributed by atoms with Crippen LogP contribution in [0.15, 0.2) is 30.6 Å². The van der Waals surface area contributed by atoms with Crippen LogP contribution in [0.1, 0.15) is 17.3 Å². The second kappa shape index (κ2) is 5.86. The third kappa shape index (κ3) is 2.53. The SMILES string of the molecule is CCNC(=O)c1c[nH]c2ncc(-c3nn(C)c4cc(Cl)ccc34)nc12. The van der Waals surface area contributed by atoms with Crippen molar-refractivity contribution in [1.29, 1.82) is 0 Å². The smallest absolute Gasteiger partial charge is 0.255 e. The van der Waals surface area contributed by atoms with Gasteiger partial charge in [-0.3, -0.25) is 9.48 Å². The molecule has 2 N–H and O–H groups in total. The average molecular weight is 355 g/mol. The number of H-pyrrole nitrogens is 1. The lowest BCUT2D eigenvalue weighted by Gasteiger charge is -2.01. The quantitative estimate of drug-likeness (QED) is 0.592. The molecule has 7 nitrogen and oxygen atoms in total. The average Bonchev–Trinajstić information content (AvgIpc) is 3.16. The Balaban J connectivity index is 1.90. The van der Waals surface area contributed by atoms with Crippen molar-refractivity contribution < 1.29 is 4.79 Å². The monoisotopic (exact) mass is 354 g/mol. The molecule has 0 radical (unpaired) electrons. The lowest BCUT2D eigenvalue weighted by molar-refractivity contribution is 0.0957. The molecule has 1 aromatic carbocycles. The number of carbonyl (C=O) groups is 1. The van der Waals surface area contributed by atoms with Gasteiger partial charge in [0.05, 0.1) is 17.3 Å². The molecule has 0 aliphatic heterocycles. The van der Waals surface area contributed by atoms with Crippen LogP contribution in [-0.4, -0.2) is 37.2 Å². The fourth-order valence-corrected chi connectivity index (χ4v) is 3.02. The molecule has 126 valence electrons. The van der Waals surface area contributed by atoms with Crippen LogP contribution in [-0.2, 0) is 7.05 Å². The first-order chi connectivity index (χ1) is 12.1. The largest absolute Gasteiger partial charge is 0.352 e. The number of benzene rings is 1. The van der Waals surface area contributed by atoms with E-state index >= 15 is 0 Å². The first kappa shape index (κ1) is 15.6. The van der Waals surface area contributed by atoms with E-state index in [1.54, 1.807) is 17.1 Å². The molecule has 1 amide bonds. The minimum absolute atomic E-state index is 0.183. The molecule has 3 heterocycles. The molecule has 0 aliphatic carbocycles. The summed E-state index contributed by atoms with van der Waals surface area (Å²) in [5.74, 6) is -0.183. The third-order valence-corrected chi connectivity index (χ3v) is 4.25. The molecule has 0 bridgehead atoms. The van der Waals surface area contributed by atoms with Crippen LogP contribution >= 0.6 is 11.6 Å². The van der Waals surface area contributed by atoms with Gasteiger partial charge in [-0.2, -0.15) is 5.10 Å². The third-order valence-electron chi connectivity index (χ3n) is 4.02. The van der Waals surface area contributed by atoms with Gasteiger partial charge in [0, 0.05) is 30.2 Å². The second-order valence-electron chi connectivity index (χ2n) is 5.65. The number of nitrogens with zero attached hydrogens (tertiary/aromatic N) is 4. The fraction of sp³-hybridized carbons (Fsp3) is 0.176. The van der Waals surface area contributed by atoms with Crippen LogP contribution in [0.5, 0.6) is 0 Å². The van der Waals surface area contributed by atoms with Crippen LogP contribution in [0.4, 0.5) is 0 Å². The summed E-state index contributed by atoms with van der Waals surface area (Å²) >= 11 is 6.08. The van der Waals surface area contributed by atoms with Crippen LogP contribution in [0.25, 0.3) is 33.5 Å². The molecule has 0 saturated carbocycles. The Bertz CT molecular complexity index is 1110. The summed E-state index contributed by atoms with van der Waals surface area (Å²) in [6.07, 6.45) is 3.27. The Morgan fingerprint density at radius 1 is 1.40 bits per heavy atom. The maximum Gasteiger partial charge on any atom is 0.255 e. The van der Waals surface area contributed by atoms with Crippen molar-refractivity contribution >= 4 is 39.6 Å². The number of fused-ring (bicyclic) bond motifs is 2. The molecular weight excluding hydrogens is 340 g/mol. The van der Waals surface area contributed by atoms with E-state index in [2.05, 4.69) is 25.4 Å². The van der Waals surface area contributed by atoms with E-state index < -0.39 is 0 Å². The Kier molecular flexibility index (Phi) is 3.65. The molecule has 4 aromatic rings. The number of aryl methyl sites for hydroxylation is 1. The first-order valence-corrected chi connectivity index (χ1v) is 8.21. The highest BCUT2D eigenvalue weighted by atomic mass is 35.5. The predicted octanol–water partition coefficient (Wildman–Crippen LogP) is 2.91. The molecule has 8 heteroatoms. The summed E-state index contributed by atoms with van der Waals surface area (Å²) in [6, 6.07) is 5.58. The van der Waals surface area contributed by atoms with Crippen molar-refractivity contribution in [3.05, 3.63) is 41.2 Å². The summed E-state index contributed by atoms with van der Waals surface area (Å²) in [5, 5.41) is 8.90. The van der Waals surface area contributed by atoms with Gasteiger partial charge in [-0.05, 0) is 25.1 Å². The van der Waals surface area contributed by atoms with Crippen molar-refractivity contribution in [2.45, 2.75) is 6.92 Å². The Morgan fingerprint density at radius 2 is 2.24 bits per heavy atom. The van der Waals surface area contributed by atoms with Gasteiger partial charge in [-0.15, -0.1) is 0 Å². The maximum absolute atomic E-state index is 12.2. The summed E-state index contributed by atoms with van der Waals surface area (Å²) in [6.45, 7) is 2.42. The van der Waals surface area contributed by atoms with Crippen LogP contribution in [0, 0.1) is 0 Å². The number of carbonyl (C=O) groups excluding carboxylic acids is 1.